The molecule has 0 saturated heterocycles. The van der Waals surface area contributed by atoms with Gasteiger partial charge in [-0.05, 0) is 19.9 Å². The molecular formula is C13H16N2O3S3. The molecule has 1 aromatic heterocycles. The van der Waals surface area contributed by atoms with Crippen molar-refractivity contribution in [2.24, 2.45) is 4.40 Å². The Morgan fingerprint density at radius 1 is 1.38 bits per heavy atom. The summed E-state index contributed by atoms with van der Waals surface area (Å²) in [4.78, 5) is 13.8. The van der Waals surface area contributed by atoms with Crippen LogP contribution in [0.4, 0.5) is 0 Å². The lowest BCUT2D eigenvalue weighted by atomic mass is 9.96. The predicted molar refractivity (Wildman–Crippen MR) is 87.1 cm³/mol. The normalized spacial score (nSPS) is 18.1. The number of thioether (sulfide) groups is 1. The van der Waals surface area contributed by atoms with E-state index in [9.17, 15) is 13.2 Å². The van der Waals surface area contributed by atoms with Gasteiger partial charge >= 0.3 is 0 Å². The highest BCUT2D eigenvalue weighted by molar-refractivity contribution is 8.03. The third-order valence-electron chi connectivity index (χ3n) is 2.94. The molecule has 114 valence electrons. The van der Waals surface area contributed by atoms with Gasteiger partial charge in [-0.25, -0.2) is 0 Å². The molecule has 1 aliphatic rings. The maximum atomic E-state index is 12.3. The summed E-state index contributed by atoms with van der Waals surface area (Å²) >= 11 is 2.54. The molecule has 0 unspecified atom stereocenters. The van der Waals surface area contributed by atoms with Gasteiger partial charge in [-0.3, -0.25) is 4.79 Å². The highest BCUT2D eigenvalue weighted by Gasteiger charge is 2.38. The van der Waals surface area contributed by atoms with Crippen molar-refractivity contribution >= 4 is 45.2 Å². The van der Waals surface area contributed by atoms with Crippen LogP contribution in [-0.4, -0.2) is 44.3 Å². The Morgan fingerprint density at radius 2 is 2.00 bits per heavy atom. The molecule has 0 spiro atoms. The van der Waals surface area contributed by atoms with E-state index in [1.54, 1.807) is 14.1 Å². The average molecular weight is 344 g/mol. The second-order valence-corrected chi connectivity index (χ2v) is 10.1. The number of nitrogens with zero attached hydrogens (tertiary/aromatic N) is 2. The van der Waals surface area contributed by atoms with Gasteiger partial charge in [-0.1, -0.05) is 6.58 Å². The van der Waals surface area contributed by atoms with E-state index in [0.29, 0.717) is 15.3 Å². The first-order valence-electron chi connectivity index (χ1n) is 6.08. The van der Waals surface area contributed by atoms with Crippen molar-refractivity contribution in [2.75, 3.05) is 14.1 Å². The maximum Gasteiger partial charge on any atom is 0.293 e. The number of carbonyl (C=O) groups is 1. The second-order valence-electron chi connectivity index (χ2n) is 5.35. The lowest BCUT2D eigenvalue weighted by Gasteiger charge is -2.29. The van der Waals surface area contributed by atoms with Crippen molar-refractivity contribution in [1.82, 2.24) is 4.90 Å². The van der Waals surface area contributed by atoms with E-state index in [-0.39, 0.29) is 9.99 Å². The van der Waals surface area contributed by atoms with Crippen molar-refractivity contribution in [3.8, 4) is 0 Å². The first-order valence-corrected chi connectivity index (χ1v) is 9.16. The van der Waals surface area contributed by atoms with Crippen LogP contribution < -0.4 is 0 Å². The Hall–Kier alpha value is -1.12. The fraction of sp³-hybridized carbons (Fsp3) is 0.385. The van der Waals surface area contributed by atoms with E-state index in [1.807, 2.05) is 13.8 Å². The molecule has 0 aliphatic carbocycles. The van der Waals surface area contributed by atoms with Crippen LogP contribution in [0.5, 0.6) is 0 Å². The molecule has 5 nitrogen and oxygen atoms in total. The Kier molecular flexibility index (Phi) is 4.07. The number of Topliss-reactive ketones (excluding diaryl/α,β-unsaturated/α-hetero) is 1. The van der Waals surface area contributed by atoms with E-state index in [2.05, 4.69) is 11.0 Å². The number of thiophene rings is 1. The van der Waals surface area contributed by atoms with Gasteiger partial charge in [0.05, 0.1) is 4.21 Å². The summed E-state index contributed by atoms with van der Waals surface area (Å²) in [6, 6.07) is 1.40. The molecule has 1 aromatic rings. The largest absolute Gasteiger partial charge is 0.368 e. The molecule has 0 radical (unpaired) electrons. The Balaban J connectivity index is 2.48. The highest BCUT2D eigenvalue weighted by Crippen LogP contribution is 2.49. The number of fused-ring (bicyclic) bond motifs is 1. The van der Waals surface area contributed by atoms with Crippen molar-refractivity contribution in [2.45, 2.75) is 27.0 Å². The molecule has 8 heteroatoms. The Morgan fingerprint density at radius 3 is 2.57 bits per heavy atom. The van der Waals surface area contributed by atoms with Crippen molar-refractivity contribution in [3.05, 3.63) is 23.8 Å². The van der Waals surface area contributed by atoms with Gasteiger partial charge in [-0.15, -0.1) is 27.5 Å². The predicted octanol–water partition coefficient (Wildman–Crippen LogP) is 2.65. The smallest absolute Gasteiger partial charge is 0.293 e. The summed E-state index contributed by atoms with van der Waals surface area (Å²) in [6.45, 7) is 7.63. The summed E-state index contributed by atoms with van der Waals surface area (Å²) < 4.78 is 28.2. The van der Waals surface area contributed by atoms with Crippen LogP contribution in [0.3, 0.4) is 0 Å². The third kappa shape index (κ3) is 3.07. The average Bonchev–Trinajstić information content (AvgIpc) is 2.78. The quantitative estimate of drug-likeness (QED) is 0.479. The van der Waals surface area contributed by atoms with E-state index in [0.717, 1.165) is 11.3 Å². The minimum atomic E-state index is -3.78. The minimum Gasteiger partial charge on any atom is -0.368 e. The van der Waals surface area contributed by atoms with E-state index in [4.69, 9.17) is 0 Å². The molecule has 0 N–H and O–H groups in total. The van der Waals surface area contributed by atoms with Crippen LogP contribution in [0.1, 0.15) is 24.2 Å². The first-order chi connectivity index (χ1) is 9.54. The fourth-order valence-corrected chi connectivity index (χ4v) is 5.92. The molecule has 0 fully saturated rings. The molecule has 0 aromatic carbocycles. The number of sulfonamides is 1. The zero-order chi connectivity index (χ0) is 16.0. The second kappa shape index (κ2) is 5.26. The summed E-state index contributed by atoms with van der Waals surface area (Å²) in [5.41, 5.74) is 0.895. The molecule has 2 rings (SSSR count). The van der Waals surface area contributed by atoms with Gasteiger partial charge in [0.1, 0.15) is 10.5 Å². The first kappa shape index (κ1) is 16.3. The molecule has 0 bridgehead atoms. The molecule has 2 heterocycles. The number of rotatable bonds is 3. The molecular weight excluding hydrogens is 328 g/mol. The Bertz CT molecular complexity index is 743. The lowest BCUT2D eigenvalue weighted by molar-refractivity contribution is 0.102. The summed E-state index contributed by atoms with van der Waals surface area (Å²) in [5, 5.41) is 0. The fourth-order valence-electron chi connectivity index (χ4n) is 1.65. The molecule has 0 saturated carbocycles. The molecule has 21 heavy (non-hydrogen) atoms. The summed E-state index contributed by atoms with van der Waals surface area (Å²) in [6.07, 6.45) is 1.23. The van der Waals surface area contributed by atoms with Gasteiger partial charge in [-0.2, -0.15) is 8.42 Å². The van der Waals surface area contributed by atoms with Crippen LogP contribution in [-0.2, 0) is 10.0 Å². The van der Waals surface area contributed by atoms with Gasteiger partial charge in [0.2, 0.25) is 0 Å². The number of carbonyl (C=O) groups excluding carboxylic acids is 1. The lowest BCUT2D eigenvalue weighted by Crippen LogP contribution is -2.27. The molecule has 0 atom stereocenters. The zero-order valence-electron chi connectivity index (χ0n) is 12.2. The highest BCUT2D eigenvalue weighted by atomic mass is 32.3. The van der Waals surface area contributed by atoms with Crippen LogP contribution in [0.15, 0.2) is 31.0 Å². The molecule has 1 aliphatic heterocycles. The van der Waals surface area contributed by atoms with Crippen molar-refractivity contribution in [3.63, 3.8) is 0 Å². The summed E-state index contributed by atoms with van der Waals surface area (Å²) in [5.74, 6) is -0.192. The third-order valence-corrected chi connectivity index (χ3v) is 7.21. The standard InChI is InChI=1S/C13H16N2O3S3/c1-8-11(16)9-6-10(19-12(9)20-13(8,2)3)21(17,18)14-7-15(4)5/h6-7H,1H2,2-5H3. The summed E-state index contributed by atoms with van der Waals surface area (Å²) in [7, 11) is -0.407. The topological polar surface area (TPSA) is 66.8 Å². The number of ketones is 1. The van der Waals surface area contributed by atoms with Gasteiger partial charge in [0.25, 0.3) is 10.0 Å². The van der Waals surface area contributed by atoms with Gasteiger partial charge in [0, 0.05) is 30.0 Å². The number of hydrogen-bond donors (Lipinski definition) is 0. The minimum absolute atomic E-state index is 0.0805. The van der Waals surface area contributed by atoms with E-state index in [1.165, 1.54) is 29.1 Å². The van der Waals surface area contributed by atoms with Crippen molar-refractivity contribution in [1.29, 1.82) is 0 Å². The number of hydrogen-bond acceptors (Lipinski definition) is 5. The van der Waals surface area contributed by atoms with Crippen LogP contribution in [0, 0.1) is 0 Å². The van der Waals surface area contributed by atoms with Gasteiger partial charge in [0.15, 0.2) is 5.78 Å². The van der Waals surface area contributed by atoms with Gasteiger partial charge < -0.3 is 4.90 Å². The Labute approximate surface area is 132 Å². The van der Waals surface area contributed by atoms with Crippen molar-refractivity contribution < 1.29 is 13.2 Å². The van der Waals surface area contributed by atoms with E-state index < -0.39 is 14.8 Å². The maximum absolute atomic E-state index is 12.3. The van der Waals surface area contributed by atoms with Crippen LogP contribution in [0.25, 0.3) is 0 Å². The molecule has 0 amide bonds. The van der Waals surface area contributed by atoms with Crippen LogP contribution in [0.2, 0.25) is 0 Å². The SMILES string of the molecule is C=C1C(=O)c2cc(S(=O)(=O)N=CN(C)C)sc2SC1(C)C. The van der Waals surface area contributed by atoms with E-state index >= 15 is 0 Å². The van der Waals surface area contributed by atoms with Crippen LogP contribution >= 0.6 is 23.1 Å². The zero-order valence-corrected chi connectivity index (χ0v) is 14.7. The monoisotopic (exact) mass is 344 g/mol.